The van der Waals surface area contributed by atoms with Gasteiger partial charge in [0.05, 0.1) is 16.3 Å². The SMILES string of the molecule is CCCc1nn(C)c2c(=O)[nH]c(-c3cccc(N)c3)nc12.CCCc1nn(C)c2c(=O)[nH]c(-c3cccc([N+](=O)[O-])c3)nc12. The van der Waals surface area contributed by atoms with Crippen LogP contribution in [0.2, 0.25) is 0 Å². The summed E-state index contributed by atoms with van der Waals surface area (Å²) in [5.41, 5.74) is 10.9. The minimum absolute atomic E-state index is 0.0507. The maximum atomic E-state index is 12.3. The second-order valence-electron chi connectivity index (χ2n) is 10.3. The molecule has 6 aromatic rings. The number of nitro benzene ring substituents is 1. The van der Waals surface area contributed by atoms with Crippen LogP contribution in [0.5, 0.6) is 0 Å². The van der Waals surface area contributed by atoms with Gasteiger partial charge in [-0.2, -0.15) is 10.2 Å². The van der Waals surface area contributed by atoms with E-state index in [0.29, 0.717) is 51.4 Å². The molecular weight excluding hydrogens is 564 g/mol. The van der Waals surface area contributed by atoms with Gasteiger partial charge in [-0.3, -0.25) is 29.1 Å². The number of aromatic nitrogens is 8. The maximum absolute atomic E-state index is 12.3. The minimum atomic E-state index is -0.479. The van der Waals surface area contributed by atoms with Crippen LogP contribution in [0.3, 0.4) is 0 Å². The number of hydrogen-bond acceptors (Lipinski definition) is 9. The van der Waals surface area contributed by atoms with Gasteiger partial charge in [-0.1, -0.05) is 51.0 Å². The number of nitrogen functional groups attached to an aromatic ring is 1. The van der Waals surface area contributed by atoms with E-state index in [9.17, 15) is 19.7 Å². The summed E-state index contributed by atoms with van der Waals surface area (Å²) in [5, 5.41) is 19.7. The molecule has 4 heterocycles. The molecule has 0 spiro atoms. The number of nitrogens with two attached hydrogens (primary N) is 1. The molecule has 44 heavy (non-hydrogen) atoms. The normalized spacial score (nSPS) is 11.1. The van der Waals surface area contributed by atoms with Crippen LogP contribution in [0.1, 0.15) is 38.1 Å². The highest BCUT2D eigenvalue weighted by molar-refractivity contribution is 5.80. The standard InChI is InChI=1S/C15H15N5O3.C15H17N5O/c1-3-5-11-12-13(19(2)18-11)15(21)17-14(16-12)9-6-4-7-10(8-9)20(22)23;1-3-5-11-12-13(20(2)19-11)15(21)18-14(17-12)9-6-4-7-10(16)8-9/h4,6-8H,3,5H2,1-2H3,(H,16,17,21);4,6-8H,3,5,16H2,1-2H3,(H,17,18,21). The van der Waals surface area contributed by atoms with Gasteiger partial charge in [0.25, 0.3) is 16.8 Å². The summed E-state index contributed by atoms with van der Waals surface area (Å²) in [4.78, 5) is 49.6. The molecule has 0 aliphatic heterocycles. The predicted molar refractivity (Wildman–Crippen MR) is 168 cm³/mol. The van der Waals surface area contributed by atoms with E-state index in [-0.39, 0.29) is 16.8 Å². The molecule has 0 saturated heterocycles. The number of anilines is 1. The molecule has 0 atom stereocenters. The number of rotatable bonds is 7. The van der Waals surface area contributed by atoms with Gasteiger partial charge in [0, 0.05) is 43.0 Å². The van der Waals surface area contributed by atoms with Crippen molar-refractivity contribution in [1.82, 2.24) is 39.5 Å². The maximum Gasteiger partial charge on any atom is 0.277 e. The number of benzene rings is 2. The summed E-state index contributed by atoms with van der Waals surface area (Å²) < 4.78 is 3.11. The lowest BCUT2D eigenvalue weighted by Crippen LogP contribution is -2.12. The van der Waals surface area contributed by atoms with Gasteiger partial charge >= 0.3 is 0 Å². The third-order valence-electron chi connectivity index (χ3n) is 6.99. The van der Waals surface area contributed by atoms with Crippen molar-refractivity contribution in [1.29, 1.82) is 0 Å². The monoisotopic (exact) mass is 596 g/mol. The van der Waals surface area contributed by atoms with Crippen molar-refractivity contribution in [2.24, 2.45) is 14.1 Å². The van der Waals surface area contributed by atoms with E-state index >= 15 is 0 Å². The Labute approximate surface area is 250 Å². The fourth-order valence-electron chi connectivity index (χ4n) is 5.03. The van der Waals surface area contributed by atoms with E-state index < -0.39 is 4.92 Å². The Balaban J connectivity index is 0.000000175. The summed E-state index contributed by atoms with van der Waals surface area (Å²) in [7, 11) is 3.46. The third kappa shape index (κ3) is 5.82. The van der Waals surface area contributed by atoms with Crippen LogP contribution in [0.4, 0.5) is 11.4 Å². The Hall–Kier alpha value is -5.66. The first kappa shape index (κ1) is 29.8. The van der Waals surface area contributed by atoms with Crippen molar-refractivity contribution in [3.05, 3.63) is 90.7 Å². The second kappa shape index (κ2) is 12.3. The summed E-state index contributed by atoms with van der Waals surface area (Å²) in [6, 6.07) is 13.3. The fraction of sp³-hybridized carbons (Fsp3) is 0.267. The Morgan fingerprint density at radius 2 is 1.27 bits per heavy atom. The molecule has 0 unspecified atom stereocenters. The molecule has 0 radical (unpaired) electrons. The Bertz CT molecular complexity index is 2120. The molecule has 0 fully saturated rings. The highest BCUT2D eigenvalue weighted by Gasteiger charge is 2.17. The van der Waals surface area contributed by atoms with Gasteiger partial charge in [0.1, 0.15) is 22.7 Å². The molecule has 0 aliphatic carbocycles. The van der Waals surface area contributed by atoms with Crippen LogP contribution in [0, 0.1) is 10.1 Å². The smallest absolute Gasteiger partial charge is 0.277 e. The van der Waals surface area contributed by atoms with Crippen LogP contribution in [0.25, 0.3) is 44.8 Å². The molecule has 14 heteroatoms. The Morgan fingerprint density at radius 1 is 0.795 bits per heavy atom. The quantitative estimate of drug-likeness (QED) is 0.138. The van der Waals surface area contributed by atoms with E-state index in [1.54, 1.807) is 43.0 Å². The number of fused-ring (bicyclic) bond motifs is 2. The Kier molecular flexibility index (Phi) is 8.33. The van der Waals surface area contributed by atoms with Gasteiger partial charge in [-0.25, -0.2) is 9.97 Å². The molecule has 0 bridgehead atoms. The van der Waals surface area contributed by atoms with Crippen LogP contribution >= 0.6 is 0 Å². The molecule has 226 valence electrons. The summed E-state index contributed by atoms with van der Waals surface area (Å²) >= 11 is 0. The number of nitro groups is 1. The van der Waals surface area contributed by atoms with Crippen molar-refractivity contribution < 1.29 is 4.92 Å². The molecule has 6 rings (SSSR count). The molecule has 4 aromatic heterocycles. The van der Waals surface area contributed by atoms with Gasteiger partial charge < -0.3 is 15.7 Å². The molecule has 2 aromatic carbocycles. The zero-order valence-electron chi connectivity index (χ0n) is 24.8. The van der Waals surface area contributed by atoms with Crippen LogP contribution in [0.15, 0.2) is 58.1 Å². The van der Waals surface area contributed by atoms with Crippen molar-refractivity contribution in [2.45, 2.75) is 39.5 Å². The van der Waals surface area contributed by atoms with E-state index in [2.05, 4.69) is 37.1 Å². The third-order valence-corrected chi connectivity index (χ3v) is 6.99. The lowest BCUT2D eigenvalue weighted by Gasteiger charge is -2.03. The summed E-state index contributed by atoms with van der Waals surface area (Å²) in [5.74, 6) is 0.821. The van der Waals surface area contributed by atoms with Crippen molar-refractivity contribution >= 4 is 33.4 Å². The molecule has 0 saturated carbocycles. The first-order valence-electron chi connectivity index (χ1n) is 14.1. The van der Waals surface area contributed by atoms with E-state index in [0.717, 1.165) is 36.2 Å². The highest BCUT2D eigenvalue weighted by atomic mass is 16.6. The minimum Gasteiger partial charge on any atom is -0.399 e. The topological polar surface area (TPSA) is 196 Å². The van der Waals surface area contributed by atoms with E-state index in [4.69, 9.17) is 5.73 Å². The number of H-pyrrole nitrogens is 2. The lowest BCUT2D eigenvalue weighted by atomic mass is 10.1. The van der Waals surface area contributed by atoms with E-state index in [1.165, 1.54) is 16.8 Å². The molecule has 0 aliphatic rings. The Morgan fingerprint density at radius 3 is 1.73 bits per heavy atom. The van der Waals surface area contributed by atoms with Gasteiger partial charge in [0.2, 0.25) is 0 Å². The average Bonchev–Trinajstić information content (AvgIpc) is 3.49. The summed E-state index contributed by atoms with van der Waals surface area (Å²) in [6.07, 6.45) is 3.34. The number of hydrogen-bond donors (Lipinski definition) is 3. The van der Waals surface area contributed by atoms with Crippen molar-refractivity contribution in [3.63, 3.8) is 0 Å². The van der Waals surface area contributed by atoms with Crippen LogP contribution < -0.4 is 16.9 Å². The first-order valence-corrected chi connectivity index (χ1v) is 14.1. The fourth-order valence-corrected chi connectivity index (χ4v) is 5.03. The van der Waals surface area contributed by atoms with Crippen LogP contribution in [-0.4, -0.2) is 44.4 Å². The summed E-state index contributed by atoms with van der Waals surface area (Å²) in [6.45, 7) is 4.10. The molecule has 4 N–H and O–H groups in total. The van der Waals surface area contributed by atoms with Crippen LogP contribution in [-0.2, 0) is 26.9 Å². The zero-order valence-corrected chi connectivity index (χ0v) is 24.8. The van der Waals surface area contributed by atoms with Gasteiger partial charge in [0.15, 0.2) is 11.0 Å². The largest absolute Gasteiger partial charge is 0.399 e. The van der Waals surface area contributed by atoms with Crippen molar-refractivity contribution in [3.8, 4) is 22.8 Å². The van der Waals surface area contributed by atoms with E-state index in [1.807, 2.05) is 19.1 Å². The van der Waals surface area contributed by atoms with Crippen molar-refractivity contribution in [2.75, 3.05) is 5.73 Å². The number of aromatic amines is 2. The molecule has 0 amide bonds. The molecule has 14 nitrogen and oxygen atoms in total. The number of nitrogens with zero attached hydrogens (tertiary/aromatic N) is 7. The molecular formula is C30H32N10O4. The second-order valence-corrected chi connectivity index (χ2v) is 10.3. The number of non-ortho nitro benzene ring substituents is 1. The average molecular weight is 597 g/mol. The van der Waals surface area contributed by atoms with Gasteiger partial charge in [-0.05, 0) is 25.0 Å². The highest BCUT2D eigenvalue weighted by Crippen LogP contribution is 2.23. The lowest BCUT2D eigenvalue weighted by molar-refractivity contribution is -0.384. The number of aryl methyl sites for hydroxylation is 4. The first-order chi connectivity index (χ1) is 21.1. The zero-order chi connectivity index (χ0) is 31.5. The predicted octanol–water partition coefficient (Wildman–Crippen LogP) is 4.04. The van der Waals surface area contributed by atoms with Gasteiger partial charge in [-0.15, -0.1) is 0 Å². The number of nitrogens with one attached hydrogen (secondary N) is 2.